The minimum Gasteiger partial charge on any atom is -0.483 e. The van der Waals surface area contributed by atoms with E-state index in [-0.39, 0.29) is 34.4 Å². The molecule has 43 heavy (non-hydrogen) atoms. The van der Waals surface area contributed by atoms with Gasteiger partial charge in [-0.1, -0.05) is 83.6 Å². The van der Waals surface area contributed by atoms with Crippen LogP contribution in [0, 0.1) is 0 Å². The first-order chi connectivity index (χ1) is 20.5. The summed E-state index contributed by atoms with van der Waals surface area (Å²) in [5, 5.41) is 15.2. The Labute approximate surface area is 257 Å². The third-order valence-corrected chi connectivity index (χ3v) is 9.79. The Hall–Kier alpha value is -3.98. The molecule has 3 aromatic carbocycles. The molecule has 1 heterocycles. The highest BCUT2D eigenvalue weighted by molar-refractivity contribution is 8.00. The van der Waals surface area contributed by atoms with Crippen molar-refractivity contribution in [1.82, 2.24) is 20.2 Å². The number of tetrazole rings is 1. The molecule has 224 valence electrons. The van der Waals surface area contributed by atoms with Gasteiger partial charge in [0.2, 0.25) is 5.16 Å². The normalized spacial score (nSPS) is 14.9. The van der Waals surface area contributed by atoms with Gasteiger partial charge < -0.3 is 10.1 Å². The number of benzene rings is 3. The number of aromatic nitrogens is 4. The average Bonchev–Trinajstić information content (AvgIpc) is 3.60. The average molecular weight is 598 g/mol. The second-order valence-electron chi connectivity index (χ2n) is 12.3. The van der Waals surface area contributed by atoms with Crippen LogP contribution in [0.1, 0.15) is 81.4 Å². The van der Waals surface area contributed by atoms with Crippen molar-refractivity contribution in [2.45, 2.75) is 82.0 Å². The van der Waals surface area contributed by atoms with Gasteiger partial charge in [0.1, 0.15) is 5.75 Å². The molecule has 4 aromatic rings. The molecule has 0 spiro atoms. The van der Waals surface area contributed by atoms with E-state index in [2.05, 4.69) is 74.5 Å². The third-order valence-electron chi connectivity index (χ3n) is 8.66. The Morgan fingerprint density at radius 3 is 2.47 bits per heavy atom. The molecule has 0 saturated heterocycles. The van der Waals surface area contributed by atoms with Crippen LogP contribution in [0.5, 0.6) is 5.75 Å². The molecule has 1 N–H and O–H groups in total. The largest absolute Gasteiger partial charge is 0.483 e. The Kier molecular flexibility index (Phi) is 8.74. The SMILES string of the molecule is CCC(C)(C)c1ccc(OCC(=O)Nc2ccc3c(c2)CC(Sc2nnnn2-c2ccccc2)C3=O)c(C(C)(C)CC)c1. The summed E-state index contributed by atoms with van der Waals surface area (Å²) in [5.74, 6) is 0.509. The summed E-state index contributed by atoms with van der Waals surface area (Å²) in [7, 11) is 0. The zero-order valence-electron chi connectivity index (χ0n) is 25.7. The number of carbonyl (C=O) groups excluding carboxylic acids is 2. The number of thioether (sulfide) groups is 1. The molecule has 1 aromatic heterocycles. The quantitative estimate of drug-likeness (QED) is 0.200. The van der Waals surface area contributed by atoms with E-state index in [0.29, 0.717) is 22.8 Å². The summed E-state index contributed by atoms with van der Waals surface area (Å²) in [6.45, 7) is 13.2. The predicted molar refractivity (Wildman–Crippen MR) is 170 cm³/mol. The molecular formula is C34H39N5O3S. The highest BCUT2D eigenvalue weighted by Gasteiger charge is 2.33. The summed E-state index contributed by atoms with van der Waals surface area (Å²) < 4.78 is 7.74. The van der Waals surface area contributed by atoms with Gasteiger partial charge in [0.25, 0.3) is 5.91 Å². The maximum absolute atomic E-state index is 13.2. The molecular weight excluding hydrogens is 558 g/mol. The van der Waals surface area contributed by atoms with Crippen molar-refractivity contribution in [3.63, 3.8) is 0 Å². The van der Waals surface area contributed by atoms with E-state index in [1.165, 1.54) is 17.3 Å². The van der Waals surface area contributed by atoms with Crippen molar-refractivity contribution in [2.75, 3.05) is 11.9 Å². The molecule has 5 rings (SSSR count). The second kappa shape index (κ2) is 12.3. The fourth-order valence-electron chi connectivity index (χ4n) is 5.09. The van der Waals surface area contributed by atoms with Crippen LogP contribution in [-0.2, 0) is 22.0 Å². The molecule has 1 unspecified atom stereocenters. The van der Waals surface area contributed by atoms with Gasteiger partial charge in [-0.25, -0.2) is 0 Å². The zero-order chi connectivity index (χ0) is 30.8. The van der Waals surface area contributed by atoms with Crippen LogP contribution in [0.4, 0.5) is 5.69 Å². The molecule has 1 aliphatic carbocycles. The summed E-state index contributed by atoms with van der Waals surface area (Å²) in [5.41, 5.74) is 5.34. The number of fused-ring (bicyclic) bond motifs is 1. The molecule has 0 bridgehead atoms. The smallest absolute Gasteiger partial charge is 0.262 e. The Bertz CT molecular complexity index is 1630. The molecule has 8 nitrogen and oxygen atoms in total. The molecule has 0 aliphatic heterocycles. The van der Waals surface area contributed by atoms with E-state index in [1.54, 1.807) is 16.8 Å². The highest BCUT2D eigenvalue weighted by atomic mass is 32.2. The fraction of sp³-hybridized carbons (Fsp3) is 0.382. The summed E-state index contributed by atoms with van der Waals surface area (Å²) >= 11 is 1.35. The Balaban J connectivity index is 1.25. The van der Waals surface area contributed by atoms with Gasteiger partial charge in [-0.05, 0) is 88.0 Å². The van der Waals surface area contributed by atoms with Crippen molar-refractivity contribution in [2.24, 2.45) is 0 Å². The fourth-order valence-corrected chi connectivity index (χ4v) is 6.17. The van der Waals surface area contributed by atoms with Crippen molar-refractivity contribution < 1.29 is 14.3 Å². The van der Waals surface area contributed by atoms with E-state index >= 15 is 0 Å². The lowest BCUT2D eigenvalue weighted by Gasteiger charge is -2.30. The molecule has 1 amide bonds. The van der Waals surface area contributed by atoms with Crippen molar-refractivity contribution >= 4 is 29.1 Å². The van der Waals surface area contributed by atoms with Crippen molar-refractivity contribution in [3.8, 4) is 11.4 Å². The van der Waals surface area contributed by atoms with Crippen LogP contribution < -0.4 is 10.1 Å². The number of amides is 1. The molecule has 0 radical (unpaired) electrons. The minimum atomic E-state index is -0.348. The Morgan fingerprint density at radius 2 is 1.74 bits per heavy atom. The molecule has 9 heteroatoms. The second-order valence-corrected chi connectivity index (χ2v) is 13.4. The van der Waals surface area contributed by atoms with Crippen LogP contribution in [0.25, 0.3) is 5.69 Å². The zero-order valence-corrected chi connectivity index (χ0v) is 26.5. The number of ether oxygens (including phenoxy) is 1. The number of nitrogens with one attached hydrogen (secondary N) is 1. The van der Waals surface area contributed by atoms with Crippen LogP contribution in [-0.4, -0.2) is 43.8 Å². The topological polar surface area (TPSA) is 99.0 Å². The number of Topliss-reactive ketones (excluding diaryl/α,β-unsaturated/α-hetero) is 1. The summed E-state index contributed by atoms with van der Waals surface area (Å²) in [6, 6.07) is 21.4. The van der Waals surface area contributed by atoms with E-state index in [1.807, 2.05) is 42.5 Å². The molecule has 1 aliphatic rings. The maximum atomic E-state index is 13.2. The van der Waals surface area contributed by atoms with Gasteiger partial charge in [-0.15, -0.1) is 5.10 Å². The minimum absolute atomic E-state index is 0.0320. The first-order valence-corrected chi connectivity index (χ1v) is 15.7. The predicted octanol–water partition coefficient (Wildman–Crippen LogP) is 6.95. The highest BCUT2D eigenvalue weighted by Crippen LogP contribution is 2.39. The number of para-hydroxylation sites is 1. The van der Waals surface area contributed by atoms with Crippen molar-refractivity contribution in [1.29, 1.82) is 0 Å². The van der Waals surface area contributed by atoms with Gasteiger partial charge in [-0.2, -0.15) is 4.68 Å². The van der Waals surface area contributed by atoms with Crippen LogP contribution >= 0.6 is 11.8 Å². The number of rotatable bonds is 11. The molecule has 0 fully saturated rings. The number of hydrogen-bond acceptors (Lipinski definition) is 7. The summed E-state index contributed by atoms with van der Waals surface area (Å²) in [4.78, 5) is 26.2. The number of anilines is 1. The van der Waals surface area contributed by atoms with Crippen LogP contribution in [0.3, 0.4) is 0 Å². The monoisotopic (exact) mass is 597 g/mol. The maximum Gasteiger partial charge on any atom is 0.262 e. The van der Waals surface area contributed by atoms with E-state index in [4.69, 9.17) is 4.74 Å². The lowest BCUT2D eigenvalue weighted by atomic mass is 9.76. The van der Waals surface area contributed by atoms with E-state index in [9.17, 15) is 9.59 Å². The van der Waals surface area contributed by atoms with Crippen molar-refractivity contribution in [3.05, 3.63) is 89.0 Å². The van der Waals surface area contributed by atoms with Crippen LogP contribution in [0.15, 0.2) is 71.9 Å². The number of ketones is 1. The van der Waals surface area contributed by atoms with Gasteiger partial charge >= 0.3 is 0 Å². The lowest BCUT2D eigenvalue weighted by Crippen LogP contribution is -2.24. The molecule has 0 saturated carbocycles. The van der Waals surface area contributed by atoms with Gasteiger partial charge in [0, 0.05) is 16.8 Å². The van der Waals surface area contributed by atoms with Crippen LogP contribution in [0.2, 0.25) is 0 Å². The third kappa shape index (κ3) is 6.51. The van der Waals surface area contributed by atoms with Gasteiger partial charge in [-0.3, -0.25) is 9.59 Å². The number of carbonyl (C=O) groups is 2. The van der Waals surface area contributed by atoms with Gasteiger partial charge in [0.15, 0.2) is 12.4 Å². The standard InChI is InChI=1S/C34H39N5O3S/c1-7-33(3,4)23-14-17-28(27(20-23)34(5,6)8-2)42-21-30(40)35-24-15-16-26-22(18-24)19-29(31(26)41)43-32-36-37-38-39(32)25-12-10-9-11-13-25/h9-18,20,29H,7-8,19,21H2,1-6H3,(H,35,40). The Morgan fingerprint density at radius 1 is 1.00 bits per heavy atom. The first kappa shape index (κ1) is 30.5. The summed E-state index contributed by atoms with van der Waals surface area (Å²) in [6.07, 6.45) is 2.50. The van der Waals surface area contributed by atoms with E-state index < -0.39 is 0 Å². The molecule has 1 atom stereocenters. The van der Waals surface area contributed by atoms with Gasteiger partial charge in [0.05, 0.1) is 10.9 Å². The number of nitrogens with zero attached hydrogens (tertiary/aromatic N) is 4. The first-order valence-electron chi connectivity index (χ1n) is 14.8. The lowest BCUT2D eigenvalue weighted by molar-refractivity contribution is -0.118. The van der Waals surface area contributed by atoms with E-state index in [0.717, 1.165) is 35.4 Å². The number of hydrogen-bond donors (Lipinski definition) is 1.